The van der Waals surface area contributed by atoms with Gasteiger partial charge in [0.2, 0.25) is 0 Å². The van der Waals surface area contributed by atoms with Gasteiger partial charge in [-0.3, -0.25) is 4.79 Å². The van der Waals surface area contributed by atoms with Gasteiger partial charge >= 0.3 is 0 Å². The average Bonchev–Trinajstić information content (AvgIpc) is 2.62. The van der Waals surface area contributed by atoms with Crippen molar-refractivity contribution in [2.45, 2.75) is 46.5 Å². The quantitative estimate of drug-likeness (QED) is 0.864. The Hall–Kier alpha value is -1.87. The maximum absolute atomic E-state index is 12.5. The summed E-state index contributed by atoms with van der Waals surface area (Å²) in [5, 5.41) is 5.35. The predicted molar refractivity (Wildman–Crippen MR) is 107 cm³/mol. The first-order valence-corrected chi connectivity index (χ1v) is 9.50. The molecule has 2 rings (SSSR count). The van der Waals surface area contributed by atoms with Gasteiger partial charge in [-0.15, -0.1) is 0 Å². The SMILES string of the molecule is C=C(C)/C(C)=c1/cc(C(=O)NCCN2CCCCC2)cc/c1=C\CC. The second-order valence-corrected chi connectivity index (χ2v) is 6.98. The van der Waals surface area contributed by atoms with E-state index in [1.807, 2.05) is 25.1 Å². The summed E-state index contributed by atoms with van der Waals surface area (Å²) >= 11 is 0. The van der Waals surface area contributed by atoms with Crippen LogP contribution in [0.2, 0.25) is 0 Å². The number of allylic oxidation sites excluding steroid dienone is 1. The van der Waals surface area contributed by atoms with Crippen molar-refractivity contribution in [1.82, 2.24) is 10.2 Å². The van der Waals surface area contributed by atoms with E-state index in [9.17, 15) is 4.79 Å². The lowest BCUT2D eigenvalue weighted by Gasteiger charge is -2.26. The molecular formula is C22H32N2O. The number of likely N-dealkylation sites (tertiary alicyclic amines) is 1. The van der Waals surface area contributed by atoms with Crippen LogP contribution in [0.25, 0.3) is 11.6 Å². The van der Waals surface area contributed by atoms with Crippen molar-refractivity contribution in [1.29, 1.82) is 0 Å². The fraction of sp³-hybridized carbons (Fsp3) is 0.500. The summed E-state index contributed by atoms with van der Waals surface area (Å²) in [4.78, 5) is 15.0. The summed E-state index contributed by atoms with van der Waals surface area (Å²) in [6, 6.07) is 5.97. The van der Waals surface area contributed by atoms with Gasteiger partial charge in [0.15, 0.2) is 0 Å². The molecule has 0 saturated carbocycles. The number of piperidine rings is 1. The lowest BCUT2D eigenvalue weighted by atomic mass is 10.0. The van der Waals surface area contributed by atoms with Gasteiger partial charge in [0.25, 0.3) is 5.91 Å². The van der Waals surface area contributed by atoms with Crippen LogP contribution in [0.3, 0.4) is 0 Å². The molecule has 1 aromatic carbocycles. The maximum atomic E-state index is 12.5. The van der Waals surface area contributed by atoms with Crippen molar-refractivity contribution >= 4 is 17.6 Å². The van der Waals surface area contributed by atoms with E-state index < -0.39 is 0 Å². The third-order valence-electron chi connectivity index (χ3n) is 4.95. The van der Waals surface area contributed by atoms with Crippen LogP contribution in [0, 0.1) is 0 Å². The lowest BCUT2D eigenvalue weighted by Crippen LogP contribution is -2.38. The molecule has 1 aliphatic heterocycles. The van der Waals surface area contributed by atoms with E-state index in [4.69, 9.17) is 0 Å². The Morgan fingerprint density at radius 1 is 1.24 bits per heavy atom. The Morgan fingerprint density at radius 3 is 2.60 bits per heavy atom. The minimum absolute atomic E-state index is 0.0100. The largest absolute Gasteiger partial charge is 0.351 e. The first kappa shape index (κ1) is 19.5. The molecule has 0 aliphatic carbocycles. The molecule has 3 heteroatoms. The molecule has 0 radical (unpaired) electrons. The number of hydrogen-bond acceptors (Lipinski definition) is 2. The molecule has 136 valence electrons. The van der Waals surface area contributed by atoms with Crippen LogP contribution >= 0.6 is 0 Å². The summed E-state index contributed by atoms with van der Waals surface area (Å²) < 4.78 is 0. The zero-order chi connectivity index (χ0) is 18.2. The smallest absolute Gasteiger partial charge is 0.251 e. The Kier molecular flexibility index (Phi) is 7.45. The van der Waals surface area contributed by atoms with Crippen molar-refractivity contribution in [3.63, 3.8) is 0 Å². The zero-order valence-corrected chi connectivity index (χ0v) is 16.0. The van der Waals surface area contributed by atoms with Gasteiger partial charge in [-0.1, -0.05) is 37.6 Å². The van der Waals surface area contributed by atoms with Crippen LogP contribution in [0.1, 0.15) is 56.8 Å². The van der Waals surface area contributed by atoms with E-state index in [0.29, 0.717) is 6.54 Å². The number of amides is 1. The van der Waals surface area contributed by atoms with Crippen molar-refractivity contribution in [3.8, 4) is 0 Å². The molecule has 25 heavy (non-hydrogen) atoms. The molecule has 0 aromatic heterocycles. The molecule has 3 nitrogen and oxygen atoms in total. The molecule has 1 N–H and O–H groups in total. The minimum atomic E-state index is 0.0100. The van der Waals surface area contributed by atoms with Gasteiger partial charge in [-0.2, -0.15) is 0 Å². The van der Waals surface area contributed by atoms with Crippen molar-refractivity contribution in [3.05, 3.63) is 46.4 Å². The molecule has 1 saturated heterocycles. The topological polar surface area (TPSA) is 32.3 Å². The number of hydrogen-bond donors (Lipinski definition) is 1. The number of carbonyl (C=O) groups excluding carboxylic acids is 1. The van der Waals surface area contributed by atoms with Gasteiger partial charge in [0.05, 0.1) is 0 Å². The van der Waals surface area contributed by atoms with Crippen molar-refractivity contribution in [2.24, 2.45) is 0 Å². The zero-order valence-electron chi connectivity index (χ0n) is 16.0. The third kappa shape index (κ3) is 5.57. The average molecular weight is 341 g/mol. The molecule has 0 unspecified atom stereocenters. The fourth-order valence-electron chi connectivity index (χ4n) is 3.26. The van der Waals surface area contributed by atoms with Crippen LogP contribution < -0.4 is 15.8 Å². The van der Waals surface area contributed by atoms with Gasteiger partial charge in [0.1, 0.15) is 0 Å². The molecule has 1 heterocycles. The summed E-state index contributed by atoms with van der Waals surface area (Å²) in [7, 11) is 0. The lowest BCUT2D eigenvalue weighted by molar-refractivity contribution is 0.0946. The molecule has 1 amide bonds. The van der Waals surface area contributed by atoms with Gasteiger partial charge in [-0.05, 0) is 74.3 Å². The number of nitrogens with zero attached hydrogens (tertiary/aromatic N) is 1. The molecule has 1 aliphatic rings. The van der Waals surface area contributed by atoms with E-state index in [1.165, 1.54) is 24.5 Å². The summed E-state index contributed by atoms with van der Waals surface area (Å²) in [5.74, 6) is 0.0100. The summed E-state index contributed by atoms with van der Waals surface area (Å²) in [5.41, 5.74) is 2.90. The molecule has 0 atom stereocenters. The summed E-state index contributed by atoms with van der Waals surface area (Å²) in [6.45, 7) is 14.2. The Morgan fingerprint density at radius 2 is 1.96 bits per heavy atom. The van der Waals surface area contributed by atoms with Crippen molar-refractivity contribution < 1.29 is 4.79 Å². The second kappa shape index (κ2) is 9.57. The first-order chi connectivity index (χ1) is 12.0. The number of nitrogens with one attached hydrogen (secondary N) is 1. The van der Waals surface area contributed by atoms with E-state index in [-0.39, 0.29) is 5.91 Å². The van der Waals surface area contributed by atoms with Crippen LogP contribution in [0.5, 0.6) is 0 Å². The van der Waals surface area contributed by atoms with Gasteiger partial charge in [0, 0.05) is 18.7 Å². The highest BCUT2D eigenvalue weighted by atomic mass is 16.1. The Labute approximate surface area is 152 Å². The molecule has 1 fully saturated rings. The third-order valence-corrected chi connectivity index (χ3v) is 4.95. The normalized spacial score (nSPS) is 17.3. The van der Waals surface area contributed by atoms with E-state index in [1.54, 1.807) is 0 Å². The predicted octanol–water partition coefficient (Wildman–Crippen LogP) is 2.84. The Bertz CT molecular complexity index is 727. The molecule has 0 spiro atoms. The number of carbonyl (C=O) groups is 1. The van der Waals surface area contributed by atoms with Gasteiger partial charge < -0.3 is 10.2 Å². The number of rotatable bonds is 6. The number of benzene rings is 1. The van der Waals surface area contributed by atoms with E-state index in [2.05, 4.69) is 36.7 Å². The fourth-order valence-corrected chi connectivity index (χ4v) is 3.26. The van der Waals surface area contributed by atoms with E-state index in [0.717, 1.165) is 48.0 Å². The second-order valence-electron chi connectivity index (χ2n) is 6.98. The molecule has 1 aromatic rings. The highest BCUT2D eigenvalue weighted by molar-refractivity contribution is 5.94. The molecule has 0 bridgehead atoms. The highest BCUT2D eigenvalue weighted by Gasteiger charge is 2.11. The van der Waals surface area contributed by atoms with Crippen LogP contribution in [-0.4, -0.2) is 37.0 Å². The minimum Gasteiger partial charge on any atom is -0.351 e. The van der Waals surface area contributed by atoms with Gasteiger partial charge in [-0.25, -0.2) is 0 Å². The van der Waals surface area contributed by atoms with Crippen LogP contribution in [0.15, 0.2) is 30.4 Å². The van der Waals surface area contributed by atoms with Crippen LogP contribution in [0.4, 0.5) is 0 Å². The van der Waals surface area contributed by atoms with Crippen molar-refractivity contribution in [2.75, 3.05) is 26.2 Å². The first-order valence-electron chi connectivity index (χ1n) is 9.50. The van der Waals surface area contributed by atoms with E-state index >= 15 is 0 Å². The highest BCUT2D eigenvalue weighted by Crippen LogP contribution is 2.07. The monoisotopic (exact) mass is 340 g/mol. The molecular weight excluding hydrogens is 308 g/mol. The Balaban J connectivity index is 2.12. The standard InChI is InChI=1S/C22H32N2O/c1-5-9-19-10-11-20(16-21(19)18(4)17(2)3)22(25)23-12-15-24-13-7-6-8-14-24/h9-11,16H,2,5-8,12-15H2,1,3-4H3,(H,23,25)/b19-9+,21-18-. The maximum Gasteiger partial charge on any atom is 0.251 e. The van der Waals surface area contributed by atoms with Crippen LogP contribution in [-0.2, 0) is 0 Å². The summed E-state index contributed by atoms with van der Waals surface area (Å²) in [6.07, 6.45) is 7.06.